The van der Waals surface area contributed by atoms with Crippen LogP contribution >= 0.6 is 11.6 Å². The van der Waals surface area contributed by atoms with Gasteiger partial charge in [-0.2, -0.15) is 0 Å². The van der Waals surface area contributed by atoms with E-state index in [1.54, 1.807) is 12.1 Å². The zero-order valence-electron chi connectivity index (χ0n) is 7.40. The molecule has 0 saturated heterocycles. The van der Waals surface area contributed by atoms with Crippen molar-refractivity contribution in [1.82, 2.24) is 0 Å². The molecule has 0 aliphatic heterocycles. The molecule has 1 aromatic carbocycles. The SMILES string of the molecule is N[C@]1(C(=O)O)C[C@@H]1c1ccc(Cl)cc1. The van der Waals surface area contributed by atoms with Crippen molar-refractivity contribution >= 4 is 17.6 Å². The Kier molecular flexibility index (Phi) is 2.01. The number of aliphatic carboxylic acids is 1. The van der Waals surface area contributed by atoms with Gasteiger partial charge in [0.05, 0.1) is 0 Å². The van der Waals surface area contributed by atoms with Crippen LogP contribution in [0.4, 0.5) is 0 Å². The smallest absolute Gasteiger partial charge is 0.324 e. The molecular weight excluding hydrogens is 202 g/mol. The van der Waals surface area contributed by atoms with E-state index in [1.807, 2.05) is 12.1 Å². The van der Waals surface area contributed by atoms with Crippen LogP contribution in [0.5, 0.6) is 0 Å². The minimum atomic E-state index is -1.06. The minimum absolute atomic E-state index is 0.0720. The molecule has 1 fully saturated rings. The van der Waals surface area contributed by atoms with Crippen LogP contribution in [0.15, 0.2) is 24.3 Å². The Morgan fingerprint density at radius 3 is 2.50 bits per heavy atom. The average Bonchev–Trinajstić information content (AvgIpc) is 2.81. The molecule has 3 nitrogen and oxygen atoms in total. The van der Waals surface area contributed by atoms with Crippen molar-refractivity contribution in [3.8, 4) is 0 Å². The van der Waals surface area contributed by atoms with Gasteiger partial charge >= 0.3 is 5.97 Å². The normalized spacial score (nSPS) is 30.0. The molecule has 3 N–H and O–H groups in total. The molecule has 1 aromatic rings. The van der Waals surface area contributed by atoms with Crippen molar-refractivity contribution in [2.75, 3.05) is 0 Å². The third-order valence-electron chi connectivity index (χ3n) is 2.67. The topological polar surface area (TPSA) is 63.3 Å². The zero-order valence-corrected chi connectivity index (χ0v) is 8.16. The predicted molar refractivity (Wildman–Crippen MR) is 53.4 cm³/mol. The molecule has 0 spiro atoms. The van der Waals surface area contributed by atoms with Crippen LogP contribution in [-0.2, 0) is 4.79 Å². The lowest BCUT2D eigenvalue weighted by molar-refractivity contribution is -0.139. The number of halogens is 1. The van der Waals surface area contributed by atoms with Gasteiger partial charge in [0.25, 0.3) is 0 Å². The third-order valence-corrected chi connectivity index (χ3v) is 2.93. The van der Waals surface area contributed by atoms with Gasteiger partial charge in [-0.1, -0.05) is 23.7 Å². The first-order valence-corrected chi connectivity index (χ1v) is 4.69. The van der Waals surface area contributed by atoms with E-state index >= 15 is 0 Å². The van der Waals surface area contributed by atoms with Gasteiger partial charge in [-0.05, 0) is 24.1 Å². The highest BCUT2D eigenvalue weighted by Crippen LogP contribution is 2.49. The number of carbonyl (C=O) groups is 1. The summed E-state index contributed by atoms with van der Waals surface area (Å²) in [4.78, 5) is 10.8. The Hall–Kier alpha value is -1.06. The Morgan fingerprint density at radius 1 is 1.50 bits per heavy atom. The Balaban J connectivity index is 2.21. The van der Waals surface area contributed by atoms with Crippen molar-refractivity contribution in [2.45, 2.75) is 17.9 Å². The molecule has 0 heterocycles. The fourth-order valence-electron chi connectivity index (χ4n) is 1.63. The van der Waals surface area contributed by atoms with Crippen LogP contribution in [0.3, 0.4) is 0 Å². The van der Waals surface area contributed by atoms with E-state index in [-0.39, 0.29) is 5.92 Å². The maximum atomic E-state index is 10.8. The highest BCUT2D eigenvalue weighted by atomic mass is 35.5. The first kappa shape index (κ1) is 9.49. The van der Waals surface area contributed by atoms with E-state index in [2.05, 4.69) is 0 Å². The van der Waals surface area contributed by atoms with Crippen LogP contribution < -0.4 is 5.73 Å². The van der Waals surface area contributed by atoms with Gasteiger partial charge in [0, 0.05) is 10.9 Å². The van der Waals surface area contributed by atoms with E-state index in [0.29, 0.717) is 11.4 Å². The van der Waals surface area contributed by atoms with Gasteiger partial charge in [-0.25, -0.2) is 0 Å². The van der Waals surface area contributed by atoms with Gasteiger partial charge in [0.1, 0.15) is 5.54 Å². The molecule has 14 heavy (non-hydrogen) atoms. The molecule has 2 rings (SSSR count). The second-order valence-corrected chi connectivity index (χ2v) is 4.09. The first-order valence-electron chi connectivity index (χ1n) is 4.32. The first-order chi connectivity index (χ1) is 6.54. The molecule has 4 heteroatoms. The Labute approximate surface area is 86.5 Å². The van der Waals surface area contributed by atoms with E-state index in [0.717, 1.165) is 5.56 Å². The quantitative estimate of drug-likeness (QED) is 0.781. The van der Waals surface area contributed by atoms with Gasteiger partial charge < -0.3 is 10.8 Å². The summed E-state index contributed by atoms with van der Waals surface area (Å²) in [6, 6.07) is 7.14. The average molecular weight is 212 g/mol. The zero-order chi connectivity index (χ0) is 10.3. The van der Waals surface area contributed by atoms with Crippen LogP contribution in [0.2, 0.25) is 5.02 Å². The lowest BCUT2D eigenvalue weighted by Crippen LogP contribution is -2.34. The molecule has 1 aliphatic rings. The monoisotopic (exact) mass is 211 g/mol. The molecule has 0 radical (unpaired) electrons. The van der Waals surface area contributed by atoms with Crippen molar-refractivity contribution in [1.29, 1.82) is 0 Å². The van der Waals surface area contributed by atoms with Crippen LogP contribution in [0.25, 0.3) is 0 Å². The maximum absolute atomic E-state index is 10.8. The predicted octanol–water partition coefficient (Wildman–Crippen LogP) is 1.61. The fourth-order valence-corrected chi connectivity index (χ4v) is 1.75. The molecule has 0 aromatic heterocycles. The molecule has 0 unspecified atom stereocenters. The van der Waals surface area contributed by atoms with Gasteiger partial charge in [-0.3, -0.25) is 4.79 Å². The van der Waals surface area contributed by atoms with E-state index in [1.165, 1.54) is 0 Å². The van der Waals surface area contributed by atoms with Gasteiger partial charge in [0.15, 0.2) is 0 Å². The van der Waals surface area contributed by atoms with E-state index < -0.39 is 11.5 Å². The van der Waals surface area contributed by atoms with Gasteiger partial charge in [0.2, 0.25) is 0 Å². The number of nitrogens with two attached hydrogens (primary N) is 1. The Bertz CT molecular complexity index is 376. The second-order valence-electron chi connectivity index (χ2n) is 3.65. The highest BCUT2D eigenvalue weighted by Gasteiger charge is 2.58. The van der Waals surface area contributed by atoms with Gasteiger partial charge in [-0.15, -0.1) is 0 Å². The summed E-state index contributed by atoms with van der Waals surface area (Å²) in [6.07, 6.45) is 0.504. The molecule has 0 bridgehead atoms. The molecule has 1 saturated carbocycles. The molecule has 1 aliphatic carbocycles. The molecule has 74 valence electrons. The lowest BCUT2D eigenvalue weighted by Gasteiger charge is -2.05. The van der Waals surface area contributed by atoms with Crippen molar-refractivity contribution < 1.29 is 9.90 Å². The van der Waals surface area contributed by atoms with E-state index in [4.69, 9.17) is 22.4 Å². The minimum Gasteiger partial charge on any atom is -0.480 e. The summed E-state index contributed by atoms with van der Waals surface area (Å²) in [7, 11) is 0. The van der Waals surface area contributed by atoms with E-state index in [9.17, 15) is 4.79 Å². The van der Waals surface area contributed by atoms with Crippen molar-refractivity contribution in [2.24, 2.45) is 5.73 Å². The number of hydrogen-bond acceptors (Lipinski definition) is 2. The second kappa shape index (κ2) is 2.97. The molecule has 2 atom stereocenters. The number of rotatable bonds is 2. The maximum Gasteiger partial charge on any atom is 0.324 e. The number of benzene rings is 1. The van der Waals surface area contributed by atoms with Crippen LogP contribution in [-0.4, -0.2) is 16.6 Å². The summed E-state index contributed by atoms with van der Waals surface area (Å²) >= 11 is 5.72. The van der Waals surface area contributed by atoms with Crippen LogP contribution in [0, 0.1) is 0 Å². The number of carboxylic acid groups (broad SMARTS) is 1. The molecule has 0 amide bonds. The standard InChI is InChI=1S/C10H10ClNO2/c11-7-3-1-6(2-4-7)8-5-10(8,12)9(13)14/h1-4,8H,5,12H2,(H,13,14)/t8-,10-/m1/s1. The summed E-state index contributed by atoms with van der Waals surface area (Å²) in [5.41, 5.74) is 5.55. The van der Waals surface area contributed by atoms with Crippen molar-refractivity contribution in [3.05, 3.63) is 34.9 Å². The lowest BCUT2D eigenvalue weighted by atomic mass is 10.1. The summed E-state index contributed by atoms with van der Waals surface area (Å²) in [5.74, 6) is -1.00. The third kappa shape index (κ3) is 1.38. The summed E-state index contributed by atoms with van der Waals surface area (Å²) in [5, 5.41) is 9.49. The highest BCUT2D eigenvalue weighted by molar-refractivity contribution is 6.30. The van der Waals surface area contributed by atoms with Crippen molar-refractivity contribution in [3.63, 3.8) is 0 Å². The summed E-state index contributed by atoms with van der Waals surface area (Å²) < 4.78 is 0. The Morgan fingerprint density at radius 2 is 2.07 bits per heavy atom. The molecular formula is C10H10ClNO2. The number of hydrogen-bond donors (Lipinski definition) is 2. The van der Waals surface area contributed by atoms with Crippen LogP contribution in [0.1, 0.15) is 17.9 Å². The largest absolute Gasteiger partial charge is 0.480 e. The summed E-state index contributed by atoms with van der Waals surface area (Å²) in [6.45, 7) is 0. The fraction of sp³-hybridized carbons (Fsp3) is 0.300. The number of carboxylic acids is 1.